The SMILES string of the molecule is NC[C@@H]1CN(CC(=O)Nc2cc(Cl)ccc2F)C[C@H]1c1ccccc1. The Kier molecular flexibility index (Phi) is 5.68. The van der Waals surface area contributed by atoms with Crippen LogP contribution in [0.4, 0.5) is 10.1 Å². The molecule has 2 aromatic rings. The molecule has 0 bridgehead atoms. The number of carbonyl (C=O) groups excluding carboxylic acids is 1. The molecule has 0 radical (unpaired) electrons. The molecular weight excluding hydrogens is 341 g/mol. The minimum atomic E-state index is -0.499. The Hall–Kier alpha value is -1.95. The molecule has 4 nitrogen and oxygen atoms in total. The summed E-state index contributed by atoms with van der Waals surface area (Å²) in [5.74, 6) is -0.146. The summed E-state index contributed by atoms with van der Waals surface area (Å²) in [6, 6.07) is 14.3. The fourth-order valence-electron chi connectivity index (χ4n) is 3.39. The van der Waals surface area contributed by atoms with Crippen LogP contribution in [0.2, 0.25) is 5.02 Å². The fraction of sp³-hybridized carbons (Fsp3) is 0.316. The lowest BCUT2D eigenvalue weighted by atomic mass is 9.89. The monoisotopic (exact) mass is 361 g/mol. The normalized spacial score (nSPS) is 20.6. The number of rotatable bonds is 5. The van der Waals surface area contributed by atoms with Crippen molar-refractivity contribution in [2.45, 2.75) is 5.92 Å². The van der Waals surface area contributed by atoms with Crippen molar-refractivity contribution in [2.24, 2.45) is 11.7 Å². The predicted octanol–water partition coefficient (Wildman–Crippen LogP) is 3.09. The standard InChI is InChI=1S/C19H21ClFN3O/c20-15-6-7-17(21)18(8-15)23-19(25)12-24-10-14(9-22)16(11-24)13-4-2-1-3-5-13/h1-8,14,16H,9-12,22H2,(H,23,25)/t14-,16+/m1/s1. The first-order valence-corrected chi connectivity index (χ1v) is 8.67. The molecule has 2 atom stereocenters. The van der Waals surface area contributed by atoms with Crippen molar-refractivity contribution in [3.8, 4) is 0 Å². The number of halogens is 2. The second-order valence-electron chi connectivity index (χ2n) is 6.38. The summed E-state index contributed by atoms with van der Waals surface area (Å²) < 4.78 is 13.7. The predicted molar refractivity (Wildman–Crippen MR) is 98.2 cm³/mol. The molecule has 3 N–H and O–H groups in total. The molecule has 0 aromatic heterocycles. The Labute approximate surface area is 151 Å². The van der Waals surface area contributed by atoms with Crippen molar-refractivity contribution in [1.82, 2.24) is 4.90 Å². The smallest absolute Gasteiger partial charge is 0.238 e. The summed E-state index contributed by atoms with van der Waals surface area (Å²) in [6.45, 7) is 2.28. The van der Waals surface area contributed by atoms with Crippen molar-refractivity contribution < 1.29 is 9.18 Å². The first-order chi connectivity index (χ1) is 12.1. The number of likely N-dealkylation sites (tertiary alicyclic amines) is 1. The maximum atomic E-state index is 13.7. The Balaban J connectivity index is 1.63. The first kappa shape index (κ1) is 17.9. The molecule has 0 spiro atoms. The molecule has 1 aliphatic rings. The van der Waals surface area contributed by atoms with E-state index in [1.165, 1.54) is 23.8 Å². The highest BCUT2D eigenvalue weighted by molar-refractivity contribution is 6.30. The Morgan fingerprint density at radius 2 is 2.00 bits per heavy atom. The van der Waals surface area contributed by atoms with E-state index in [0.29, 0.717) is 23.4 Å². The van der Waals surface area contributed by atoms with Crippen molar-refractivity contribution in [2.75, 3.05) is 31.5 Å². The van der Waals surface area contributed by atoms with Gasteiger partial charge in [0.1, 0.15) is 5.82 Å². The molecule has 0 unspecified atom stereocenters. The van der Waals surface area contributed by atoms with Crippen LogP contribution in [0, 0.1) is 11.7 Å². The zero-order chi connectivity index (χ0) is 17.8. The van der Waals surface area contributed by atoms with E-state index in [1.54, 1.807) is 0 Å². The molecule has 132 valence electrons. The summed E-state index contributed by atoms with van der Waals surface area (Å²) in [7, 11) is 0. The van der Waals surface area contributed by atoms with Gasteiger partial charge in [0.05, 0.1) is 12.2 Å². The third kappa shape index (κ3) is 4.37. The number of nitrogens with one attached hydrogen (secondary N) is 1. The number of nitrogens with zero attached hydrogens (tertiary/aromatic N) is 1. The number of carbonyl (C=O) groups is 1. The minimum absolute atomic E-state index is 0.103. The highest BCUT2D eigenvalue weighted by atomic mass is 35.5. The van der Waals surface area contributed by atoms with Gasteiger partial charge in [-0.3, -0.25) is 9.69 Å². The Bertz CT molecular complexity index is 741. The van der Waals surface area contributed by atoms with Gasteiger partial charge < -0.3 is 11.1 Å². The molecule has 1 fully saturated rings. The van der Waals surface area contributed by atoms with E-state index in [1.807, 2.05) is 18.2 Å². The van der Waals surface area contributed by atoms with Gasteiger partial charge in [-0.15, -0.1) is 0 Å². The molecule has 1 aliphatic heterocycles. The molecule has 25 heavy (non-hydrogen) atoms. The summed E-state index contributed by atoms with van der Waals surface area (Å²) in [6.07, 6.45) is 0. The summed E-state index contributed by atoms with van der Waals surface area (Å²) in [5, 5.41) is 2.97. The van der Waals surface area contributed by atoms with Crippen LogP contribution in [-0.2, 0) is 4.79 Å². The van der Waals surface area contributed by atoms with E-state index >= 15 is 0 Å². The molecule has 6 heteroatoms. The van der Waals surface area contributed by atoms with Crippen LogP contribution in [0.5, 0.6) is 0 Å². The van der Waals surface area contributed by atoms with Gasteiger partial charge >= 0.3 is 0 Å². The largest absolute Gasteiger partial charge is 0.330 e. The number of hydrogen-bond acceptors (Lipinski definition) is 3. The lowest BCUT2D eigenvalue weighted by Crippen LogP contribution is -2.32. The van der Waals surface area contributed by atoms with Crippen molar-refractivity contribution in [3.63, 3.8) is 0 Å². The van der Waals surface area contributed by atoms with Crippen LogP contribution >= 0.6 is 11.6 Å². The van der Waals surface area contributed by atoms with Crippen LogP contribution in [0.25, 0.3) is 0 Å². The van der Waals surface area contributed by atoms with Gasteiger partial charge in [-0.2, -0.15) is 0 Å². The van der Waals surface area contributed by atoms with Gasteiger partial charge in [-0.1, -0.05) is 41.9 Å². The molecular formula is C19H21ClFN3O. The summed E-state index contributed by atoms with van der Waals surface area (Å²) >= 11 is 5.85. The average molecular weight is 362 g/mol. The molecule has 0 saturated carbocycles. The number of amides is 1. The number of anilines is 1. The van der Waals surface area contributed by atoms with Crippen LogP contribution < -0.4 is 11.1 Å². The number of nitrogens with two attached hydrogens (primary N) is 1. The van der Waals surface area contributed by atoms with Crippen molar-refractivity contribution in [3.05, 3.63) is 64.9 Å². The Morgan fingerprint density at radius 1 is 1.24 bits per heavy atom. The second kappa shape index (κ2) is 7.95. The van der Waals surface area contributed by atoms with Gasteiger partial charge in [0.15, 0.2) is 0 Å². The minimum Gasteiger partial charge on any atom is -0.330 e. The third-order valence-electron chi connectivity index (χ3n) is 4.62. The quantitative estimate of drug-likeness (QED) is 0.860. The highest BCUT2D eigenvalue weighted by Gasteiger charge is 2.33. The highest BCUT2D eigenvalue weighted by Crippen LogP contribution is 2.31. The topological polar surface area (TPSA) is 58.4 Å². The third-order valence-corrected chi connectivity index (χ3v) is 4.85. The van der Waals surface area contributed by atoms with Crippen molar-refractivity contribution in [1.29, 1.82) is 0 Å². The van der Waals surface area contributed by atoms with E-state index in [0.717, 1.165) is 13.1 Å². The van der Waals surface area contributed by atoms with Crippen LogP contribution in [-0.4, -0.2) is 37.0 Å². The van der Waals surface area contributed by atoms with Gasteiger partial charge in [-0.25, -0.2) is 4.39 Å². The van der Waals surface area contributed by atoms with E-state index < -0.39 is 5.82 Å². The van der Waals surface area contributed by atoms with E-state index in [4.69, 9.17) is 17.3 Å². The second-order valence-corrected chi connectivity index (χ2v) is 6.82. The lowest BCUT2D eigenvalue weighted by Gasteiger charge is -2.16. The lowest BCUT2D eigenvalue weighted by molar-refractivity contribution is -0.117. The fourth-order valence-corrected chi connectivity index (χ4v) is 3.56. The maximum absolute atomic E-state index is 13.7. The Morgan fingerprint density at radius 3 is 2.72 bits per heavy atom. The van der Waals surface area contributed by atoms with E-state index in [2.05, 4.69) is 22.3 Å². The van der Waals surface area contributed by atoms with Gasteiger partial charge in [0.25, 0.3) is 0 Å². The van der Waals surface area contributed by atoms with Gasteiger partial charge in [-0.05, 0) is 36.2 Å². The zero-order valence-electron chi connectivity index (χ0n) is 13.8. The molecule has 1 saturated heterocycles. The molecule has 3 rings (SSSR count). The van der Waals surface area contributed by atoms with E-state index in [-0.39, 0.29) is 18.1 Å². The molecule has 0 aliphatic carbocycles. The van der Waals surface area contributed by atoms with Crippen LogP contribution in [0.3, 0.4) is 0 Å². The number of hydrogen-bond donors (Lipinski definition) is 2. The van der Waals surface area contributed by atoms with Gasteiger partial charge in [0.2, 0.25) is 5.91 Å². The van der Waals surface area contributed by atoms with E-state index in [9.17, 15) is 9.18 Å². The summed E-state index contributed by atoms with van der Waals surface area (Å²) in [5.41, 5.74) is 7.26. The van der Waals surface area contributed by atoms with Crippen LogP contribution in [0.15, 0.2) is 48.5 Å². The van der Waals surface area contributed by atoms with Crippen molar-refractivity contribution >= 4 is 23.2 Å². The average Bonchev–Trinajstić information content (AvgIpc) is 3.01. The molecule has 1 amide bonds. The zero-order valence-corrected chi connectivity index (χ0v) is 14.5. The van der Waals surface area contributed by atoms with Crippen LogP contribution in [0.1, 0.15) is 11.5 Å². The number of benzene rings is 2. The maximum Gasteiger partial charge on any atom is 0.238 e. The summed E-state index contributed by atoms with van der Waals surface area (Å²) in [4.78, 5) is 14.3. The van der Waals surface area contributed by atoms with Gasteiger partial charge in [0, 0.05) is 24.0 Å². The molecule has 2 aromatic carbocycles. The molecule has 1 heterocycles. The first-order valence-electron chi connectivity index (χ1n) is 8.29.